The Morgan fingerprint density at radius 1 is 1.31 bits per heavy atom. The van der Waals surface area contributed by atoms with Gasteiger partial charge in [-0.05, 0) is 18.4 Å². The van der Waals surface area contributed by atoms with Crippen LogP contribution in [-0.4, -0.2) is 11.8 Å². The van der Waals surface area contributed by atoms with Gasteiger partial charge in [-0.25, -0.2) is 0 Å². The standard InChI is InChI=1S/C14H17NO/c1-11-7-8-13(14(16)9-11)15-10-12-5-3-2-4-6-12/h2-6,13,15H,1,7-10H2. The maximum atomic E-state index is 11.7. The first-order chi connectivity index (χ1) is 7.75. The number of Topliss-reactive ketones (excluding diaryl/α,β-unsaturated/α-hetero) is 1. The molecule has 2 nitrogen and oxygen atoms in total. The molecule has 16 heavy (non-hydrogen) atoms. The predicted molar refractivity (Wildman–Crippen MR) is 65.1 cm³/mol. The number of nitrogens with one attached hydrogen (secondary N) is 1. The van der Waals surface area contributed by atoms with Gasteiger partial charge in [0, 0.05) is 13.0 Å². The molecule has 1 atom stereocenters. The van der Waals surface area contributed by atoms with Gasteiger partial charge in [0.1, 0.15) is 0 Å². The van der Waals surface area contributed by atoms with Crippen molar-refractivity contribution in [2.24, 2.45) is 0 Å². The number of ketones is 1. The fraction of sp³-hybridized carbons (Fsp3) is 0.357. The summed E-state index contributed by atoms with van der Waals surface area (Å²) in [6.45, 7) is 4.64. The van der Waals surface area contributed by atoms with E-state index in [9.17, 15) is 4.79 Å². The van der Waals surface area contributed by atoms with Crippen molar-refractivity contribution in [1.82, 2.24) is 5.32 Å². The summed E-state index contributed by atoms with van der Waals surface area (Å²) in [7, 11) is 0. The molecule has 0 amide bonds. The maximum absolute atomic E-state index is 11.7. The fourth-order valence-corrected chi connectivity index (χ4v) is 2.02. The van der Waals surface area contributed by atoms with Crippen LogP contribution < -0.4 is 5.32 Å². The van der Waals surface area contributed by atoms with Gasteiger partial charge in [-0.15, -0.1) is 0 Å². The molecule has 1 aliphatic carbocycles. The van der Waals surface area contributed by atoms with E-state index in [4.69, 9.17) is 0 Å². The number of carbonyl (C=O) groups excluding carboxylic acids is 1. The van der Waals surface area contributed by atoms with Crippen molar-refractivity contribution < 1.29 is 4.79 Å². The third-order valence-corrected chi connectivity index (χ3v) is 2.99. The quantitative estimate of drug-likeness (QED) is 0.785. The molecule has 2 rings (SSSR count). The first-order valence-electron chi connectivity index (χ1n) is 5.72. The van der Waals surface area contributed by atoms with E-state index < -0.39 is 0 Å². The Bertz CT molecular complexity index is 383. The van der Waals surface area contributed by atoms with E-state index in [0.717, 1.165) is 25.0 Å². The molecule has 0 heterocycles. The van der Waals surface area contributed by atoms with Crippen LogP contribution in [0.1, 0.15) is 24.8 Å². The highest BCUT2D eigenvalue weighted by atomic mass is 16.1. The Morgan fingerprint density at radius 2 is 2.06 bits per heavy atom. The molecule has 0 spiro atoms. The molecule has 0 radical (unpaired) electrons. The summed E-state index contributed by atoms with van der Waals surface area (Å²) in [6, 6.07) is 10.2. The molecule has 0 aliphatic heterocycles. The monoisotopic (exact) mass is 215 g/mol. The van der Waals surface area contributed by atoms with Gasteiger partial charge in [0.2, 0.25) is 0 Å². The van der Waals surface area contributed by atoms with E-state index in [2.05, 4.69) is 24.0 Å². The zero-order chi connectivity index (χ0) is 11.4. The molecule has 1 saturated carbocycles. The van der Waals surface area contributed by atoms with E-state index in [1.807, 2.05) is 18.2 Å². The Labute approximate surface area is 96.4 Å². The zero-order valence-corrected chi connectivity index (χ0v) is 9.41. The van der Waals surface area contributed by atoms with Crippen LogP contribution in [0.5, 0.6) is 0 Å². The number of benzene rings is 1. The van der Waals surface area contributed by atoms with Gasteiger partial charge in [0.15, 0.2) is 5.78 Å². The summed E-state index contributed by atoms with van der Waals surface area (Å²) in [4.78, 5) is 11.7. The van der Waals surface area contributed by atoms with Crippen LogP contribution >= 0.6 is 0 Å². The molecule has 2 heteroatoms. The summed E-state index contributed by atoms with van der Waals surface area (Å²) in [5.74, 6) is 0.284. The van der Waals surface area contributed by atoms with Gasteiger partial charge in [-0.2, -0.15) is 0 Å². The first-order valence-corrected chi connectivity index (χ1v) is 5.72. The molecule has 1 aromatic carbocycles. The number of rotatable bonds is 3. The molecule has 1 unspecified atom stereocenters. The Morgan fingerprint density at radius 3 is 2.75 bits per heavy atom. The van der Waals surface area contributed by atoms with Crippen LogP contribution in [0.25, 0.3) is 0 Å². The molecule has 0 saturated heterocycles. The lowest BCUT2D eigenvalue weighted by Crippen LogP contribution is -2.38. The van der Waals surface area contributed by atoms with Crippen LogP contribution in [0.4, 0.5) is 0 Å². The third kappa shape index (κ3) is 2.80. The number of hydrogen-bond acceptors (Lipinski definition) is 2. The van der Waals surface area contributed by atoms with Crippen LogP contribution in [0.3, 0.4) is 0 Å². The molecule has 0 aromatic heterocycles. The van der Waals surface area contributed by atoms with Crippen molar-refractivity contribution in [3.63, 3.8) is 0 Å². The van der Waals surface area contributed by atoms with Crippen LogP contribution in [0.15, 0.2) is 42.5 Å². The minimum Gasteiger partial charge on any atom is -0.303 e. The number of allylic oxidation sites excluding steroid dienone is 1. The van der Waals surface area contributed by atoms with Crippen molar-refractivity contribution in [1.29, 1.82) is 0 Å². The maximum Gasteiger partial charge on any atom is 0.153 e. The first kappa shape index (κ1) is 11.1. The van der Waals surface area contributed by atoms with Crippen molar-refractivity contribution in [3.05, 3.63) is 48.0 Å². The van der Waals surface area contributed by atoms with E-state index in [1.54, 1.807) is 0 Å². The van der Waals surface area contributed by atoms with Gasteiger partial charge in [0.05, 0.1) is 6.04 Å². The average molecular weight is 215 g/mol. The zero-order valence-electron chi connectivity index (χ0n) is 9.41. The Hall–Kier alpha value is -1.41. The summed E-state index contributed by atoms with van der Waals surface area (Å²) >= 11 is 0. The lowest BCUT2D eigenvalue weighted by molar-refractivity contribution is -0.121. The SMILES string of the molecule is C=C1CCC(NCc2ccccc2)C(=O)C1. The minimum absolute atomic E-state index is 0.0192. The summed E-state index contributed by atoms with van der Waals surface area (Å²) in [6.07, 6.45) is 2.41. The van der Waals surface area contributed by atoms with E-state index >= 15 is 0 Å². The minimum atomic E-state index is 0.0192. The van der Waals surface area contributed by atoms with Crippen LogP contribution in [0, 0.1) is 0 Å². The molecule has 0 bridgehead atoms. The van der Waals surface area contributed by atoms with E-state index in [-0.39, 0.29) is 11.8 Å². The highest BCUT2D eigenvalue weighted by Gasteiger charge is 2.23. The molecule has 1 fully saturated rings. The summed E-state index contributed by atoms with van der Waals surface area (Å²) < 4.78 is 0. The average Bonchev–Trinajstić information content (AvgIpc) is 2.29. The molecule has 1 aromatic rings. The largest absolute Gasteiger partial charge is 0.303 e. The van der Waals surface area contributed by atoms with Gasteiger partial charge in [-0.3, -0.25) is 4.79 Å². The summed E-state index contributed by atoms with van der Waals surface area (Å²) in [5, 5.41) is 3.32. The van der Waals surface area contributed by atoms with Gasteiger partial charge in [0.25, 0.3) is 0 Å². The predicted octanol–water partition coefficient (Wildman–Crippen LogP) is 2.45. The summed E-state index contributed by atoms with van der Waals surface area (Å²) in [5.41, 5.74) is 2.29. The molecule has 1 aliphatic rings. The van der Waals surface area contributed by atoms with Crippen LogP contribution in [0.2, 0.25) is 0 Å². The van der Waals surface area contributed by atoms with Crippen LogP contribution in [-0.2, 0) is 11.3 Å². The number of carbonyl (C=O) groups is 1. The second-order valence-corrected chi connectivity index (χ2v) is 4.35. The molecule has 84 valence electrons. The second-order valence-electron chi connectivity index (χ2n) is 4.35. The highest BCUT2D eigenvalue weighted by Crippen LogP contribution is 2.19. The Balaban J connectivity index is 1.87. The fourth-order valence-electron chi connectivity index (χ4n) is 2.02. The lowest BCUT2D eigenvalue weighted by Gasteiger charge is -2.23. The van der Waals surface area contributed by atoms with Gasteiger partial charge >= 0.3 is 0 Å². The van der Waals surface area contributed by atoms with Crippen molar-refractivity contribution in [2.75, 3.05) is 0 Å². The normalized spacial score (nSPS) is 21.1. The van der Waals surface area contributed by atoms with Crippen molar-refractivity contribution >= 4 is 5.78 Å². The van der Waals surface area contributed by atoms with Gasteiger partial charge < -0.3 is 5.32 Å². The molecular weight excluding hydrogens is 198 g/mol. The van der Waals surface area contributed by atoms with Crippen molar-refractivity contribution in [3.8, 4) is 0 Å². The van der Waals surface area contributed by atoms with E-state index in [1.165, 1.54) is 5.56 Å². The smallest absolute Gasteiger partial charge is 0.153 e. The topological polar surface area (TPSA) is 29.1 Å². The van der Waals surface area contributed by atoms with E-state index in [0.29, 0.717) is 6.42 Å². The number of hydrogen-bond donors (Lipinski definition) is 1. The third-order valence-electron chi connectivity index (χ3n) is 2.99. The van der Waals surface area contributed by atoms with Gasteiger partial charge in [-0.1, -0.05) is 42.5 Å². The lowest BCUT2D eigenvalue weighted by atomic mass is 9.90. The highest BCUT2D eigenvalue weighted by molar-refractivity contribution is 5.87. The molecular formula is C14H17NO. The Kier molecular flexibility index (Phi) is 3.52. The van der Waals surface area contributed by atoms with Crippen molar-refractivity contribution in [2.45, 2.75) is 31.8 Å². The molecule has 1 N–H and O–H groups in total. The second kappa shape index (κ2) is 5.08.